The number of unbranched alkanes of at least 4 members (excludes halogenated alkanes) is 1. The van der Waals surface area contributed by atoms with Crippen LogP contribution in [0.1, 0.15) is 33.1 Å². The SMILES string of the molecule is C=C=C(CCCC)[C@H](O)C=C.CC(=O)O. The standard InChI is InChI=1S/C10H16O.C2H4O2/c1-4-7-8-9(5-2)10(11)6-3;1-2(3)4/h6,10-11H,2-4,7-8H2,1H3;1H3,(H,3,4)/t10-;/m1./s1. The van der Waals surface area contributed by atoms with E-state index in [1.54, 1.807) is 0 Å². The minimum Gasteiger partial charge on any atom is -0.481 e. The van der Waals surface area contributed by atoms with Crippen molar-refractivity contribution in [3.05, 3.63) is 30.5 Å². The van der Waals surface area contributed by atoms with Crippen LogP contribution in [-0.4, -0.2) is 22.3 Å². The number of carboxylic acid groups (broad SMARTS) is 1. The van der Waals surface area contributed by atoms with Gasteiger partial charge in [0.15, 0.2) is 0 Å². The number of carbonyl (C=O) groups is 1. The lowest BCUT2D eigenvalue weighted by molar-refractivity contribution is -0.134. The van der Waals surface area contributed by atoms with E-state index in [2.05, 4.69) is 25.8 Å². The quantitative estimate of drug-likeness (QED) is 0.544. The molecule has 0 aliphatic rings. The first-order valence-corrected chi connectivity index (χ1v) is 4.88. The first kappa shape index (κ1) is 16.1. The summed E-state index contributed by atoms with van der Waals surface area (Å²) in [6, 6.07) is 0. The molecular weight excluding hydrogens is 192 g/mol. The monoisotopic (exact) mass is 212 g/mol. The van der Waals surface area contributed by atoms with Crippen molar-refractivity contribution in [1.29, 1.82) is 0 Å². The van der Waals surface area contributed by atoms with Gasteiger partial charge in [0.25, 0.3) is 5.97 Å². The number of aliphatic hydroxyl groups is 1. The normalized spacial score (nSPS) is 10.3. The predicted octanol–water partition coefficient (Wildman–Crippen LogP) is 2.53. The maximum absolute atomic E-state index is 9.29. The van der Waals surface area contributed by atoms with E-state index in [1.807, 2.05) is 0 Å². The molecule has 0 unspecified atom stereocenters. The largest absolute Gasteiger partial charge is 0.481 e. The Balaban J connectivity index is 0. The molecule has 0 rings (SSSR count). The van der Waals surface area contributed by atoms with Crippen molar-refractivity contribution in [2.24, 2.45) is 0 Å². The second-order valence-electron chi connectivity index (χ2n) is 3.01. The summed E-state index contributed by atoms with van der Waals surface area (Å²) in [5, 5.41) is 16.7. The number of aliphatic carboxylic acids is 1. The number of hydrogen-bond acceptors (Lipinski definition) is 2. The lowest BCUT2D eigenvalue weighted by Crippen LogP contribution is -2.04. The van der Waals surface area contributed by atoms with Gasteiger partial charge in [-0.2, -0.15) is 0 Å². The van der Waals surface area contributed by atoms with Crippen LogP contribution in [0.3, 0.4) is 0 Å². The van der Waals surface area contributed by atoms with Crippen molar-refractivity contribution < 1.29 is 15.0 Å². The summed E-state index contributed by atoms with van der Waals surface area (Å²) in [4.78, 5) is 9.00. The Morgan fingerprint density at radius 1 is 1.60 bits per heavy atom. The van der Waals surface area contributed by atoms with Gasteiger partial charge in [0.05, 0.1) is 0 Å². The molecule has 0 aromatic rings. The molecule has 3 nitrogen and oxygen atoms in total. The lowest BCUT2D eigenvalue weighted by Gasteiger charge is -2.06. The topological polar surface area (TPSA) is 57.5 Å². The van der Waals surface area contributed by atoms with Gasteiger partial charge in [-0.15, -0.1) is 12.3 Å². The molecule has 0 heterocycles. The maximum atomic E-state index is 9.29. The summed E-state index contributed by atoms with van der Waals surface area (Å²) in [7, 11) is 0. The van der Waals surface area contributed by atoms with E-state index in [4.69, 9.17) is 9.90 Å². The Morgan fingerprint density at radius 2 is 2.07 bits per heavy atom. The van der Waals surface area contributed by atoms with Crippen LogP contribution >= 0.6 is 0 Å². The van der Waals surface area contributed by atoms with Gasteiger partial charge in [-0.3, -0.25) is 4.79 Å². The van der Waals surface area contributed by atoms with Crippen LogP contribution in [0.25, 0.3) is 0 Å². The summed E-state index contributed by atoms with van der Waals surface area (Å²) in [6.07, 6.45) is 4.01. The Hall–Kier alpha value is -1.31. The molecule has 0 aromatic heterocycles. The Morgan fingerprint density at radius 3 is 2.33 bits per heavy atom. The number of aliphatic hydroxyl groups excluding tert-OH is 1. The van der Waals surface area contributed by atoms with Crippen molar-refractivity contribution >= 4 is 5.97 Å². The molecule has 0 bridgehead atoms. The van der Waals surface area contributed by atoms with E-state index in [9.17, 15) is 5.11 Å². The van der Waals surface area contributed by atoms with Gasteiger partial charge in [0.2, 0.25) is 0 Å². The summed E-state index contributed by atoms with van der Waals surface area (Å²) in [5.74, 6) is -0.833. The first-order valence-electron chi connectivity index (χ1n) is 4.88. The van der Waals surface area contributed by atoms with Crippen LogP contribution < -0.4 is 0 Å². The highest BCUT2D eigenvalue weighted by molar-refractivity contribution is 5.62. The highest BCUT2D eigenvalue weighted by Gasteiger charge is 2.03. The van der Waals surface area contributed by atoms with E-state index >= 15 is 0 Å². The average molecular weight is 212 g/mol. The lowest BCUT2D eigenvalue weighted by atomic mass is 10.0. The second-order valence-corrected chi connectivity index (χ2v) is 3.01. The van der Waals surface area contributed by atoms with E-state index in [-0.39, 0.29) is 0 Å². The Bertz CT molecular complexity index is 233. The molecule has 0 amide bonds. The Kier molecular flexibility index (Phi) is 11.6. The second kappa shape index (κ2) is 10.8. The number of rotatable bonds is 5. The highest BCUT2D eigenvalue weighted by atomic mass is 16.4. The van der Waals surface area contributed by atoms with E-state index < -0.39 is 12.1 Å². The fraction of sp³-hybridized carbons (Fsp3) is 0.500. The molecule has 0 fully saturated rings. The van der Waals surface area contributed by atoms with Gasteiger partial charge in [0.1, 0.15) is 6.10 Å². The highest BCUT2D eigenvalue weighted by Crippen LogP contribution is 2.10. The third-order valence-corrected chi connectivity index (χ3v) is 1.61. The molecule has 0 aromatic carbocycles. The molecule has 0 saturated carbocycles. The van der Waals surface area contributed by atoms with Crippen LogP contribution in [0.5, 0.6) is 0 Å². The van der Waals surface area contributed by atoms with Crippen molar-refractivity contribution in [2.45, 2.75) is 39.2 Å². The zero-order valence-corrected chi connectivity index (χ0v) is 9.49. The van der Waals surface area contributed by atoms with Gasteiger partial charge < -0.3 is 10.2 Å². The minimum atomic E-state index is -0.833. The number of hydrogen-bond donors (Lipinski definition) is 2. The van der Waals surface area contributed by atoms with E-state index in [0.29, 0.717) is 0 Å². The molecule has 0 aliphatic carbocycles. The summed E-state index contributed by atoms with van der Waals surface area (Å²) in [5.41, 5.74) is 3.58. The molecule has 0 radical (unpaired) electrons. The molecule has 2 N–H and O–H groups in total. The van der Waals surface area contributed by atoms with Crippen molar-refractivity contribution in [2.75, 3.05) is 0 Å². The van der Waals surface area contributed by atoms with Crippen LogP contribution in [0.2, 0.25) is 0 Å². The maximum Gasteiger partial charge on any atom is 0.300 e. The smallest absolute Gasteiger partial charge is 0.300 e. The first-order chi connectivity index (χ1) is 6.99. The van der Waals surface area contributed by atoms with Gasteiger partial charge in [0, 0.05) is 12.5 Å². The molecule has 86 valence electrons. The molecule has 0 aliphatic heterocycles. The third kappa shape index (κ3) is 12.7. The summed E-state index contributed by atoms with van der Waals surface area (Å²) in [6.45, 7) is 10.2. The van der Waals surface area contributed by atoms with Gasteiger partial charge in [-0.25, -0.2) is 0 Å². The summed E-state index contributed by atoms with van der Waals surface area (Å²) < 4.78 is 0. The zero-order valence-electron chi connectivity index (χ0n) is 9.49. The molecule has 0 saturated heterocycles. The zero-order chi connectivity index (χ0) is 12.3. The Labute approximate surface area is 91.4 Å². The molecule has 0 spiro atoms. The average Bonchev–Trinajstić information content (AvgIpc) is 2.17. The molecule has 15 heavy (non-hydrogen) atoms. The van der Waals surface area contributed by atoms with Crippen LogP contribution in [0.4, 0.5) is 0 Å². The fourth-order valence-corrected chi connectivity index (χ4v) is 0.850. The summed E-state index contributed by atoms with van der Waals surface area (Å²) >= 11 is 0. The predicted molar refractivity (Wildman–Crippen MR) is 61.7 cm³/mol. The van der Waals surface area contributed by atoms with Gasteiger partial charge in [-0.1, -0.05) is 26.0 Å². The number of carboxylic acids is 1. The fourth-order valence-electron chi connectivity index (χ4n) is 0.850. The van der Waals surface area contributed by atoms with Gasteiger partial charge >= 0.3 is 0 Å². The van der Waals surface area contributed by atoms with Crippen molar-refractivity contribution in [1.82, 2.24) is 0 Å². The van der Waals surface area contributed by atoms with E-state index in [1.165, 1.54) is 6.08 Å². The van der Waals surface area contributed by atoms with E-state index in [0.717, 1.165) is 31.8 Å². The van der Waals surface area contributed by atoms with Crippen LogP contribution in [0, 0.1) is 0 Å². The van der Waals surface area contributed by atoms with Crippen molar-refractivity contribution in [3.63, 3.8) is 0 Å². The van der Waals surface area contributed by atoms with Crippen LogP contribution in [-0.2, 0) is 4.79 Å². The molecule has 1 atom stereocenters. The minimum absolute atomic E-state index is 0.556. The molecule has 3 heteroatoms. The molecular formula is C12H20O3. The van der Waals surface area contributed by atoms with Crippen molar-refractivity contribution in [3.8, 4) is 0 Å². The third-order valence-electron chi connectivity index (χ3n) is 1.61. The van der Waals surface area contributed by atoms with Crippen LogP contribution in [0.15, 0.2) is 30.5 Å². The van der Waals surface area contributed by atoms with Gasteiger partial charge in [-0.05, 0) is 12.8 Å².